The van der Waals surface area contributed by atoms with Crippen LogP contribution in [0.15, 0.2) is 152 Å². The van der Waals surface area contributed by atoms with Crippen molar-refractivity contribution in [2.75, 3.05) is 4.90 Å². The van der Waals surface area contributed by atoms with Crippen molar-refractivity contribution in [2.45, 2.75) is 71.6 Å². The van der Waals surface area contributed by atoms with E-state index in [1.165, 1.54) is 94.0 Å². The fourth-order valence-electron chi connectivity index (χ4n) is 10.1. The van der Waals surface area contributed by atoms with Gasteiger partial charge in [0.05, 0.1) is 0 Å². The van der Waals surface area contributed by atoms with Gasteiger partial charge in [0.15, 0.2) is 0 Å². The van der Waals surface area contributed by atoms with Crippen LogP contribution in [0.25, 0.3) is 54.9 Å². The molecule has 2 aliphatic rings. The summed E-state index contributed by atoms with van der Waals surface area (Å²) >= 11 is 0. The standard InChI is InChI=1S/C55H49N/c1-8-34(2)52-44(43-21-15-12-16-35(43)3)26-27-48-53(52)45-25-24-42(33-51(45)54(48,4)5)56(40-19-10-9-11-20-40)41-23-22-38-30-47-46-29-36-17-13-14-18-37(36)31-49(46)55(6,7)50(47)32-39(38)28-41/h9-34H,8H2,1-7H3/t34-/m1/s1. The molecule has 0 fully saturated rings. The molecule has 0 N–H and O–H groups in total. The number of rotatable bonds is 6. The average Bonchev–Trinajstić information content (AvgIpc) is 3.57. The van der Waals surface area contributed by atoms with Gasteiger partial charge < -0.3 is 4.90 Å². The molecule has 0 bridgehead atoms. The molecule has 274 valence electrons. The Bertz CT molecular complexity index is 2870. The van der Waals surface area contributed by atoms with Gasteiger partial charge in [-0.25, -0.2) is 0 Å². The molecule has 56 heavy (non-hydrogen) atoms. The number of anilines is 3. The third-order valence-electron chi connectivity index (χ3n) is 13.4. The molecule has 0 spiro atoms. The minimum atomic E-state index is -0.148. The van der Waals surface area contributed by atoms with E-state index in [1.807, 2.05) is 0 Å². The maximum absolute atomic E-state index is 2.48. The van der Waals surface area contributed by atoms with Crippen LogP contribution in [0.4, 0.5) is 17.1 Å². The van der Waals surface area contributed by atoms with Crippen LogP contribution in [0.5, 0.6) is 0 Å². The van der Waals surface area contributed by atoms with Crippen molar-refractivity contribution in [1.82, 2.24) is 0 Å². The molecule has 2 aliphatic carbocycles. The fraction of sp³-hybridized carbons (Fsp3) is 0.200. The van der Waals surface area contributed by atoms with Crippen molar-refractivity contribution >= 4 is 38.6 Å². The molecule has 0 unspecified atom stereocenters. The van der Waals surface area contributed by atoms with Crippen LogP contribution in [0.3, 0.4) is 0 Å². The quantitative estimate of drug-likeness (QED) is 0.165. The van der Waals surface area contributed by atoms with E-state index in [2.05, 4.69) is 205 Å². The Morgan fingerprint density at radius 2 is 1.00 bits per heavy atom. The Morgan fingerprint density at radius 1 is 0.446 bits per heavy atom. The van der Waals surface area contributed by atoms with E-state index in [4.69, 9.17) is 0 Å². The van der Waals surface area contributed by atoms with Gasteiger partial charge >= 0.3 is 0 Å². The van der Waals surface area contributed by atoms with Crippen LogP contribution in [0.2, 0.25) is 0 Å². The summed E-state index contributed by atoms with van der Waals surface area (Å²) in [4.78, 5) is 2.45. The molecular formula is C55H49N. The van der Waals surface area contributed by atoms with E-state index in [9.17, 15) is 0 Å². The summed E-state index contributed by atoms with van der Waals surface area (Å²) in [5, 5.41) is 5.14. The van der Waals surface area contributed by atoms with Crippen molar-refractivity contribution in [2.24, 2.45) is 0 Å². The molecular weight excluding hydrogens is 675 g/mol. The molecule has 0 heterocycles. The summed E-state index contributed by atoms with van der Waals surface area (Å²) in [6.45, 7) is 16.6. The number of benzene rings is 8. The van der Waals surface area contributed by atoms with Crippen molar-refractivity contribution in [3.63, 3.8) is 0 Å². The second-order valence-corrected chi connectivity index (χ2v) is 17.4. The smallest absolute Gasteiger partial charge is 0.0468 e. The first-order valence-electron chi connectivity index (χ1n) is 20.4. The number of hydrogen-bond acceptors (Lipinski definition) is 1. The second kappa shape index (κ2) is 12.6. The van der Waals surface area contributed by atoms with E-state index >= 15 is 0 Å². The lowest BCUT2D eigenvalue weighted by Gasteiger charge is -2.28. The van der Waals surface area contributed by atoms with E-state index in [0.717, 1.165) is 17.8 Å². The van der Waals surface area contributed by atoms with E-state index in [0.29, 0.717) is 5.92 Å². The Morgan fingerprint density at radius 3 is 1.71 bits per heavy atom. The Labute approximate surface area is 332 Å². The minimum absolute atomic E-state index is 0.0915. The van der Waals surface area contributed by atoms with Crippen molar-refractivity contribution in [1.29, 1.82) is 0 Å². The summed E-state index contributed by atoms with van der Waals surface area (Å²) < 4.78 is 0. The van der Waals surface area contributed by atoms with E-state index in [1.54, 1.807) is 0 Å². The maximum atomic E-state index is 2.48. The first-order valence-corrected chi connectivity index (χ1v) is 20.4. The van der Waals surface area contributed by atoms with Gasteiger partial charge in [0.1, 0.15) is 0 Å². The highest BCUT2D eigenvalue weighted by Crippen LogP contribution is 2.56. The van der Waals surface area contributed by atoms with E-state index in [-0.39, 0.29) is 10.8 Å². The summed E-state index contributed by atoms with van der Waals surface area (Å²) in [5.74, 6) is 0.428. The fourth-order valence-corrected chi connectivity index (χ4v) is 10.1. The van der Waals surface area contributed by atoms with Crippen molar-refractivity contribution < 1.29 is 0 Å². The predicted octanol–water partition coefficient (Wildman–Crippen LogP) is 15.6. The number of fused-ring (bicyclic) bond motifs is 8. The topological polar surface area (TPSA) is 3.24 Å². The highest BCUT2D eigenvalue weighted by molar-refractivity contribution is 6.00. The van der Waals surface area contributed by atoms with Crippen molar-refractivity contribution in [3.05, 3.63) is 185 Å². The van der Waals surface area contributed by atoms with Gasteiger partial charge in [-0.2, -0.15) is 0 Å². The highest BCUT2D eigenvalue weighted by atomic mass is 15.1. The molecule has 0 aliphatic heterocycles. The van der Waals surface area contributed by atoms with Crippen LogP contribution in [0.1, 0.15) is 87.3 Å². The molecule has 1 heteroatoms. The lowest BCUT2D eigenvalue weighted by molar-refractivity contribution is 0.658. The zero-order chi connectivity index (χ0) is 38.5. The Kier molecular flexibility index (Phi) is 7.75. The van der Waals surface area contributed by atoms with Crippen LogP contribution in [-0.4, -0.2) is 0 Å². The van der Waals surface area contributed by atoms with Gasteiger partial charge in [0.25, 0.3) is 0 Å². The van der Waals surface area contributed by atoms with E-state index < -0.39 is 0 Å². The SMILES string of the molecule is CC[C@@H](C)c1c(-c2ccccc2C)ccc2c1-c1ccc(N(c3ccccc3)c3ccc4cc5c(cc4c3)C(C)(C)c3cc4ccccc4cc3-5)cc1C2(C)C. The summed E-state index contributed by atoms with van der Waals surface area (Å²) in [7, 11) is 0. The molecule has 10 rings (SSSR count). The zero-order valence-electron chi connectivity index (χ0n) is 33.7. The first-order chi connectivity index (χ1) is 27.1. The average molecular weight is 724 g/mol. The molecule has 0 amide bonds. The monoisotopic (exact) mass is 723 g/mol. The predicted molar refractivity (Wildman–Crippen MR) is 240 cm³/mol. The van der Waals surface area contributed by atoms with Gasteiger partial charge in [-0.1, -0.05) is 133 Å². The second-order valence-electron chi connectivity index (χ2n) is 17.4. The maximum Gasteiger partial charge on any atom is 0.0468 e. The van der Waals surface area contributed by atoms with Gasteiger partial charge in [0.2, 0.25) is 0 Å². The van der Waals surface area contributed by atoms with Crippen molar-refractivity contribution in [3.8, 4) is 33.4 Å². The first kappa shape index (κ1) is 34.6. The molecule has 0 aromatic heterocycles. The molecule has 8 aromatic carbocycles. The largest absolute Gasteiger partial charge is 0.310 e. The Balaban J connectivity index is 1.13. The molecule has 1 atom stereocenters. The third-order valence-corrected chi connectivity index (χ3v) is 13.4. The lowest BCUT2D eigenvalue weighted by Crippen LogP contribution is -2.17. The summed E-state index contributed by atoms with van der Waals surface area (Å²) in [6, 6.07) is 57.3. The minimum Gasteiger partial charge on any atom is -0.310 e. The van der Waals surface area contributed by atoms with Crippen LogP contribution in [0, 0.1) is 6.92 Å². The summed E-state index contributed by atoms with van der Waals surface area (Å²) in [5.41, 5.74) is 20.0. The molecule has 1 nitrogen and oxygen atoms in total. The van der Waals surface area contributed by atoms with Gasteiger partial charge in [-0.05, 0) is 168 Å². The molecule has 0 saturated carbocycles. The zero-order valence-corrected chi connectivity index (χ0v) is 33.7. The summed E-state index contributed by atoms with van der Waals surface area (Å²) in [6.07, 6.45) is 1.09. The molecule has 0 saturated heterocycles. The van der Waals surface area contributed by atoms with Crippen LogP contribution < -0.4 is 4.90 Å². The van der Waals surface area contributed by atoms with Gasteiger partial charge in [-0.3, -0.25) is 0 Å². The van der Waals surface area contributed by atoms with Gasteiger partial charge in [0, 0.05) is 27.9 Å². The van der Waals surface area contributed by atoms with Gasteiger partial charge in [-0.15, -0.1) is 0 Å². The third kappa shape index (κ3) is 5.06. The number of aryl methyl sites for hydroxylation is 1. The number of nitrogens with zero attached hydrogens (tertiary/aromatic N) is 1. The van der Waals surface area contributed by atoms with Crippen LogP contribution in [-0.2, 0) is 10.8 Å². The lowest BCUT2D eigenvalue weighted by atomic mass is 9.79. The Hall–Kier alpha value is -5.92. The van der Waals surface area contributed by atoms with Crippen LogP contribution >= 0.6 is 0 Å². The molecule has 8 aromatic rings. The highest BCUT2D eigenvalue weighted by Gasteiger charge is 2.39. The number of para-hydroxylation sites is 1. The number of hydrogen-bond donors (Lipinski definition) is 0. The molecule has 0 radical (unpaired) electrons. The normalized spacial score (nSPS) is 15.0.